The van der Waals surface area contributed by atoms with Gasteiger partial charge in [-0.3, -0.25) is 4.79 Å². The summed E-state index contributed by atoms with van der Waals surface area (Å²) in [6.07, 6.45) is 3.31. The first-order valence-electron chi connectivity index (χ1n) is 8.40. The molecule has 5 heteroatoms. The Morgan fingerprint density at radius 2 is 1.84 bits per heavy atom. The van der Waals surface area contributed by atoms with Gasteiger partial charge in [-0.05, 0) is 67.1 Å². The monoisotopic (exact) mass is 339 g/mol. The largest absolute Gasteiger partial charge is 0.482 e. The summed E-state index contributed by atoms with van der Waals surface area (Å²) in [4.78, 5) is 23.0. The smallest absolute Gasteiger partial charge is 0.341 e. The average molecular weight is 339 g/mol. The van der Waals surface area contributed by atoms with Gasteiger partial charge in [-0.25, -0.2) is 4.79 Å². The Bertz CT molecular complexity index is 783. The van der Waals surface area contributed by atoms with Crippen LogP contribution >= 0.6 is 0 Å². The molecule has 1 amide bonds. The summed E-state index contributed by atoms with van der Waals surface area (Å²) in [6.45, 7) is 1.54. The zero-order chi connectivity index (χ0) is 17.8. The average Bonchev–Trinajstić information content (AvgIpc) is 3.08. The van der Waals surface area contributed by atoms with E-state index in [0.29, 0.717) is 11.3 Å². The fourth-order valence-electron chi connectivity index (χ4n) is 3.07. The van der Waals surface area contributed by atoms with Crippen molar-refractivity contribution in [2.75, 3.05) is 6.61 Å². The summed E-state index contributed by atoms with van der Waals surface area (Å²) in [5, 5.41) is 11.6. The first-order valence-corrected chi connectivity index (χ1v) is 8.40. The van der Waals surface area contributed by atoms with Crippen molar-refractivity contribution in [3.05, 3.63) is 64.7 Å². The van der Waals surface area contributed by atoms with Crippen LogP contribution in [0.15, 0.2) is 42.5 Å². The lowest BCUT2D eigenvalue weighted by Crippen LogP contribution is -2.26. The number of aryl methyl sites for hydroxylation is 2. The van der Waals surface area contributed by atoms with Crippen LogP contribution in [0.25, 0.3) is 0 Å². The van der Waals surface area contributed by atoms with Crippen molar-refractivity contribution in [1.29, 1.82) is 0 Å². The second-order valence-electron chi connectivity index (χ2n) is 6.28. The van der Waals surface area contributed by atoms with Gasteiger partial charge in [0.05, 0.1) is 6.04 Å². The lowest BCUT2D eigenvalue weighted by molar-refractivity contribution is -0.139. The van der Waals surface area contributed by atoms with E-state index in [4.69, 9.17) is 9.84 Å². The maximum Gasteiger partial charge on any atom is 0.341 e. The number of benzene rings is 2. The Labute approximate surface area is 146 Å². The molecule has 2 aromatic rings. The number of hydrogen-bond donors (Lipinski definition) is 2. The number of nitrogens with one attached hydrogen (secondary N) is 1. The topological polar surface area (TPSA) is 75.6 Å². The molecule has 1 aliphatic carbocycles. The highest BCUT2D eigenvalue weighted by Crippen LogP contribution is 2.23. The zero-order valence-electron chi connectivity index (χ0n) is 14.1. The molecule has 0 saturated heterocycles. The Balaban J connectivity index is 1.62. The molecule has 1 aliphatic rings. The number of fused-ring (bicyclic) bond motifs is 1. The molecule has 0 bridgehead atoms. The molecule has 1 atom stereocenters. The third kappa shape index (κ3) is 4.18. The van der Waals surface area contributed by atoms with E-state index in [2.05, 4.69) is 11.4 Å². The van der Waals surface area contributed by atoms with E-state index in [1.54, 1.807) is 12.1 Å². The lowest BCUT2D eigenvalue weighted by atomic mass is 10.0. The molecule has 0 radical (unpaired) electrons. The van der Waals surface area contributed by atoms with Gasteiger partial charge in [0, 0.05) is 5.56 Å². The fraction of sp³-hybridized carbons (Fsp3) is 0.300. The summed E-state index contributed by atoms with van der Waals surface area (Å²) in [7, 11) is 0. The summed E-state index contributed by atoms with van der Waals surface area (Å²) >= 11 is 0. The van der Waals surface area contributed by atoms with E-state index in [1.807, 2.05) is 31.2 Å². The minimum atomic E-state index is -1.01. The minimum absolute atomic E-state index is 0.0894. The first-order chi connectivity index (χ1) is 12.0. The second-order valence-corrected chi connectivity index (χ2v) is 6.28. The van der Waals surface area contributed by atoms with E-state index < -0.39 is 5.97 Å². The molecule has 0 spiro atoms. The molecule has 3 rings (SSSR count). The van der Waals surface area contributed by atoms with Gasteiger partial charge >= 0.3 is 5.97 Å². The molecular formula is C20H21NO4. The Morgan fingerprint density at radius 3 is 2.56 bits per heavy atom. The molecule has 2 N–H and O–H groups in total. The molecule has 0 heterocycles. The van der Waals surface area contributed by atoms with Crippen molar-refractivity contribution in [1.82, 2.24) is 5.32 Å². The lowest BCUT2D eigenvalue weighted by Gasteiger charge is -2.15. The summed E-state index contributed by atoms with van der Waals surface area (Å²) in [5.41, 5.74) is 4.24. The molecule has 130 valence electrons. The molecule has 0 saturated carbocycles. The van der Waals surface area contributed by atoms with E-state index in [1.165, 1.54) is 11.1 Å². The standard InChI is InChI=1S/C20H21NO4/c1-13(14-7-9-18(10-8-14)25-12-19(22)23)21-20(24)17-6-5-15-3-2-4-16(15)11-17/h5-11,13H,2-4,12H2,1H3,(H,21,24)(H,22,23). The third-order valence-corrected chi connectivity index (χ3v) is 4.45. The van der Waals surface area contributed by atoms with Crippen molar-refractivity contribution >= 4 is 11.9 Å². The molecule has 25 heavy (non-hydrogen) atoms. The Kier molecular flexibility index (Phi) is 5.03. The van der Waals surface area contributed by atoms with Gasteiger partial charge in [0.2, 0.25) is 0 Å². The predicted octanol–water partition coefficient (Wildman–Crippen LogP) is 3.13. The summed E-state index contributed by atoms with van der Waals surface area (Å²) in [5.74, 6) is -0.615. The molecule has 0 fully saturated rings. The van der Waals surface area contributed by atoms with Crippen molar-refractivity contribution in [3.63, 3.8) is 0 Å². The summed E-state index contributed by atoms with van der Waals surface area (Å²) in [6, 6.07) is 12.8. The van der Waals surface area contributed by atoms with Crippen LogP contribution in [0.5, 0.6) is 5.75 Å². The number of aliphatic carboxylic acids is 1. The molecular weight excluding hydrogens is 318 g/mol. The highest BCUT2D eigenvalue weighted by atomic mass is 16.5. The SMILES string of the molecule is CC(NC(=O)c1ccc2c(c1)CCC2)c1ccc(OCC(=O)O)cc1. The molecule has 2 aromatic carbocycles. The van der Waals surface area contributed by atoms with E-state index in [0.717, 1.165) is 24.8 Å². The number of carbonyl (C=O) groups excluding carboxylic acids is 1. The molecule has 1 unspecified atom stereocenters. The number of carboxylic acid groups (broad SMARTS) is 1. The third-order valence-electron chi connectivity index (χ3n) is 4.45. The maximum atomic E-state index is 12.5. The highest BCUT2D eigenvalue weighted by molar-refractivity contribution is 5.94. The molecule has 0 aromatic heterocycles. The maximum absolute atomic E-state index is 12.5. The predicted molar refractivity (Wildman–Crippen MR) is 93.9 cm³/mol. The molecule has 5 nitrogen and oxygen atoms in total. The Morgan fingerprint density at radius 1 is 1.12 bits per heavy atom. The molecule has 0 aliphatic heterocycles. The first kappa shape index (κ1) is 17.0. The van der Waals surface area contributed by atoms with Gasteiger partial charge in [-0.15, -0.1) is 0 Å². The number of rotatable bonds is 6. The van der Waals surface area contributed by atoms with Crippen LogP contribution in [0.3, 0.4) is 0 Å². The number of amides is 1. The van der Waals surface area contributed by atoms with Crippen LogP contribution in [0.2, 0.25) is 0 Å². The normalized spacial score (nSPS) is 13.8. The van der Waals surface area contributed by atoms with Gasteiger partial charge in [0.1, 0.15) is 5.75 Å². The van der Waals surface area contributed by atoms with Gasteiger partial charge in [-0.2, -0.15) is 0 Å². The van der Waals surface area contributed by atoms with Crippen LogP contribution in [-0.4, -0.2) is 23.6 Å². The van der Waals surface area contributed by atoms with Crippen LogP contribution in [0.1, 0.15) is 46.4 Å². The van der Waals surface area contributed by atoms with Gasteiger partial charge < -0.3 is 15.2 Å². The van der Waals surface area contributed by atoms with Crippen molar-refractivity contribution in [2.45, 2.75) is 32.2 Å². The minimum Gasteiger partial charge on any atom is -0.482 e. The van der Waals surface area contributed by atoms with E-state index in [9.17, 15) is 9.59 Å². The Hall–Kier alpha value is -2.82. The van der Waals surface area contributed by atoms with Gasteiger partial charge in [0.25, 0.3) is 5.91 Å². The number of ether oxygens (including phenoxy) is 1. The van der Waals surface area contributed by atoms with Gasteiger partial charge in [-0.1, -0.05) is 18.2 Å². The van der Waals surface area contributed by atoms with Gasteiger partial charge in [0.15, 0.2) is 6.61 Å². The van der Waals surface area contributed by atoms with Crippen molar-refractivity contribution in [3.8, 4) is 5.75 Å². The summed E-state index contributed by atoms with van der Waals surface area (Å²) < 4.78 is 5.11. The zero-order valence-corrected chi connectivity index (χ0v) is 14.1. The number of hydrogen-bond acceptors (Lipinski definition) is 3. The number of carboxylic acids is 1. The van der Waals surface area contributed by atoms with Crippen LogP contribution in [0.4, 0.5) is 0 Å². The van der Waals surface area contributed by atoms with Crippen molar-refractivity contribution in [2.24, 2.45) is 0 Å². The van der Waals surface area contributed by atoms with Crippen molar-refractivity contribution < 1.29 is 19.4 Å². The quantitative estimate of drug-likeness (QED) is 0.848. The second kappa shape index (κ2) is 7.38. The van der Waals surface area contributed by atoms with E-state index in [-0.39, 0.29) is 18.6 Å². The van der Waals surface area contributed by atoms with Crippen LogP contribution in [0, 0.1) is 0 Å². The van der Waals surface area contributed by atoms with Crippen LogP contribution < -0.4 is 10.1 Å². The fourth-order valence-corrected chi connectivity index (χ4v) is 3.07. The van der Waals surface area contributed by atoms with Crippen LogP contribution in [-0.2, 0) is 17.6 Å². The van der Waals surface area contributed by atoms with E-state index >= 15 is 0 Å². The highest BCUT2D eigenvalue weighted by Gasteiger charge is 2.16. The number of carbonyl (C=O) groups is 2.